The molecular formula is C17H12N4O2. The number of nitrogens with one attached hydrogen (secondary N) is 2. The lowest BCUT2D eigenvalue weighted by Gasteiger charge is -2.05. The second-order valence-electron chi connectivity index (χ2n) is 5.02. The molecule has 112 valence electrons. The maximum atomic E-state index is 12.5. The maximum Gasteiger partial charge on any atom is 0.276 e. The monoisotopic (exact) mass is 304 g/mol. The van der Waals surface area contributed by atoms with Crippen LogP contribution in [0.15, 0.2) is 65.5 Å². The molecule has 0 saturated heterocycles. The van der Waals surface area contributed by atoms with Crippen molar-refractivity contribution in [1.82, 2.24) is 15.2 Å². The van der Waals surface area contributed by atoms with Gasteiger partial charge < -0.3 is 9.73 Å². The van der Waals surface area contributed by atoms with Crippen LogP contribution >= 0.6 is 0 Å². The Morgan fingerprint density at radius 3 is 2.91 bits per heavy atom. The Labute approximate surface area is 131 Å². The second-order valence-corrected chi connectivity index (χ2v) is 5.02. The molecule has 0 fully saturated rings. The van der Waals surface area contributed by atoms with Crippen LogP contribution in [-0.4, -0.2) is 21.1 Å². The molecule has 0 aliphatic heterocycles. The Balaban J connectivity index is 1.63. The van der Waals surface area contributed by atoms with E-state index in [1.165, 1.54) is 6.39 Å². The largest absolute Gasteiger partial charge is 0.444 e. The molecular weight excluding hydrogens is 292 g/mol. The zero-order chi connectivity index (χ0) is 15.6. The number of carbonyl (C=O) groups is 1. The molecule has 2 N–H and O–H groups in total. The van der Waals surface area contributed by atoms with E-state index in [4.69, 9.17) is 4.42 Å². The third kappa shape index (κ3) is 2.46. The predicted molar refractivity (Wildman–Crippen MR) is 86.0 cm³/mol. The summed E-state index contributed by atoms with van der Waals surface area (Å²) in [6.07, 6.45) is 3.00. The minimum Gasteiger partial charge on any atom is -0.444 e. The molecule has 0 spiro atoms. The number of aromatic nitrogens is 3. The molecule has 0 aliphatic carbocycles. The van der Waals surface area contributed by atoms with E-state index < -0.39 is 0 Å². The van der Waals surface area contributed by atoms with Gasteiger partial charge in [-0.1, -0.05) is 30.3 Å². The first-order valence-corrected chi connectivity index (χ1v) is 7.04. The standard InChI is InChI=1S/C17H12N4O2/c22-17(16-13-6-1-2-7-14(13)20-21-16)19-12-5-3-4-11(8-12)15-9-18-10-23-15/h1-10H,(H,19,22)(H,20,21). The number of amides is 1. The highest BCUT2D eigenvalue weighted by Crippen LogP contribution is 2.23. The number of hydrogen-bond acceptors (Lipinski definition) is 4. The average Bonchev–Trinajstić information content (AvgIpc) is 3.25. The molecule has 2 aromatic carbocycles. The van der Waals surface area contributed by atoms with Gasteiger partial charge in [-0.25, -0.2) is 4.98 Å². The van der Waals surface area contributed by atoms with Crippen molar-refractivity contribution in [3.63, 3.8) is 0 Å². The van der Waals surface area contributed by atoms with Gasteiger partial charge in [0.15, 0.2) is 17.8 Å². The maximum absolute atomic E-state index is 12.5. The van der Waals surface area contributed by atoms with Gasteiger partial charge in [0.25, 0.3) is 5.91 Å². The zero-order valence-electron chi connectivity index (χ0n) is 12.0. The summed E-state index contributed by atoms with van der Waals surface area (Å²) in [5, 5.41) is 10.6. The van der Waals surface area contributed by atoms with Crippen molar-refractivity contribution in [2.45, 2.75) is 0 Å². The van der Waals surface area contributed by atoms with Gasteiger partial charge in [-0.05, 0) is 18.2 Å². The molecule has 2 heterocycles. The third-order valence-corrected chi connectivity index (χ3v) is 3.52. The Hall–Kier alpha value is -3.41. The first-order chi connectivity index (χ1) is 11.3. The van der Waals surface area contributed by atoms with Crippen molar-refractivity contribution < 1.29 is 9.21 Å². The number of H-pyrrole nitrogens is 1. The average molecular weight is 304 g/mol. The molecule has 0 unspecified atom stereocenters. The number of oxazole rings is 1. The molecule has 0 bridgehead atoms. The predicted octanol–water partition coefficient (Wildman–Crippen LogP) is 3.47. The number of aromatic amines is 1. The summed E-state index contributed by atoms with van der Waals surface area (Å²) in [4.78, 5) is 16.4. The van der Waals surface area contributed by atoms with Crippen LogP contribution in [0.5, 0.6) is 0 Å². The van der Waals surface area contributed by atoms with Crippen LogP contribution in [0.25, 0.3) is 22.2 Å². The number of carbonyl (C=O) groups excluding carboxylic acids is 1. The van der Waals surface area contributed by atoms with Crippen LogP contribution < -0.4 is 5.32 Å². The topological polar surface area (TPSA) is 83.8 Å². The van der Waals surface area contributed by atoms with Crippen LogP contribution in [0.2, 0.25) is 0 Å². The highest BCUT2D eigenvalue weighted by atomic mass is 16.3. The normalized spacial score (nSPS) is 10.8. The van der Waals surface area contributed by atoms with E-state index in [2.05, 4.69) is 20.5 Å². The fraction of sp³-hybridized carbons (Fsp3) is 0. The second kappa shape index (κ2) is 5.42. The van der Waals surface area contributed by atoms with Crippen LogP contribution in [0.3, 0.4) is 0 Å². The minimum atomic E-state index is -0.267. The highest BCUT2D eigenvalue weighted by Gasteiger charge is 2.14. The zero-order valence-corrected chi connectivity index (χ0v) is 12.0. The van der Waals surface area contributed by atoms with Gasteiger partial charge >= 0.3 is 0 Å². The van der Waals surface area contributed by atoms with Gasteiger partial charge in [0.1, 0.15) is 0 Å². The highest BCUT2D eigenvalue weighted by molar-refractivity contribution is 6.11. The van der Waals surface area contributed by atoms with Crippen molar-refractivity contribution in [2.24, 2.45) is 0 Å². The molecule has 0 atom stereocenters. The molecule has 6 heteroatoms. The van der Waals surface area contributed by atoms with E-state index in [0.29, 0.717) is 17.1 Å². The SMILES string of the molecule is O=C(Nc1cccc(-c2cnco2)c1)c1n[nH]c2ccccc12. The Kier molecular flexibility index (Phi) is 3.12. The van der Waals surface area contributed by atoms with Gasteiger partial charge in [-0.2, -0.15) is 5.10 Å². The summed E-state index contributed by atoms with van der Waals surface area (Å²) in [6.45, 7) is 0. The van der Waals surface area contributed by atoms with E-state index in [9.17, 15) is 4.79 Å². The van der Waals surface area contributed by atoms with E-state index >= 15 is 0 Å². The van der Waals surface area contributed by atoms with Gasteiger partial charge in [0.2, 0.25) is 0 Å². The number of para-hydroxylation sites is 1. The quantitative estimate of drug-likeness (QED) is 0.607. The summed E-state index contributed by atoms with van der Waals surface area (Å²) in [5.74, 6) is 0.378. The smallest absolute Gasteiger partial charge is 0.276 e. The van der Waals surface area contributed by atoms with E-state index in [0.717, 1.165) is 16.5 Å². The Morgan fingerprint density at radius 2 is 2.04 bits per heavy atom. The molecule has 1 amide bonds. The fourth-order valence-corrected chi connectivity index (χ4v) is 2.44. The molecule has 0 aliphatic rings. The van der Waals surface area contributed by atoms with Gasteiger partial charge in [-0.3, -0.25) is 9.89 Å². The summed E-state index contributed by atoms with van der Waals surface area (Å²) in [6, 6.07) is 14.9. The van der Waals surface area contributed by atoms with Crippen LogP contribution in [0.1, 0.15) is 10.5 Å². The van der Waals surface area contributed by atoms with Crippen LogP contribution in [-0.2, 0) is 0 Å². The minimum absolute atomic E-state index is 0.267. The van der Waals surface area contributed by atoms with Crippen molar-refractivity contribution >= 4 is 22.5 Å². The number of fused-ring (bicyclic) bond motifs is 1. The Morgan fingerprint density at radius 1 is 1.13 bits per heavy atom. The molecule has 2 aromatic heterocycles. The summed E-state index contributed by atoms with van der Waals surface area (Å²) in [5.41, 5.74) is 2.70. The van der Waals surface area contributed by atoms with Crippen molar-refractivity contribution in [3.8, 4) is 11.3 Å². The molecule has 4 rings (SSSR count). The summed E-state index contributed by atoms with van der Waals surface area (Å²) in [7, 11) is 0. The Bertz CT molecular complexity index is 973. The van der Waals surface area contributed by atoms with Crippen LogP contribution in [0, 0.1) is 0 Å². The summed E-state index contributed by atoms with van der Waals surface area (Å²) >= 11 is 0. The molecule has 6 nitrogen and oxygen atoms in total. The number of nitrogens with zero attached hydrogens (tertiary/aromatic N) is 2. The van der Waals surface area contributed by atoms with Gasteiger partial charge in [-0.15, -0.1) is 0 Å². The van der Waals surface area contributed by atoms with Gasteiger partial charge in [0.05, 0.1) is 11.7 Å². The van der Waals surface area contributed by atoms with Crippen LogP contribution in [0.4, 0.5) is 5.69 Å². The lowest BCUT2D eigenvalue weighted by atomic mass is 10.1. The number of hydrogen-bond donors (Lipinski definition) is 2. The first-order valence-electron chi connectivity index (χ1n) is 7.04. The molecule has 0 radical (unpaired) electrons. The van der Waals surface area contributed by atoms with Gasteiger partial charge in [0, 0.05) is 16.6 Å². The third-order valence-electron chi connectivity index (χ3n) is 3.52. The summed E-state index contributed by atoms with van der Waals surface area (Å²) < 4.78 is 5.27. The fourth-order valence-electron chi connectivity index (χ4n) is 2.44. The number of rotatable bonds is 3. The van der Waals surface area contributed by atoms with E-state index in [1.54, 1.807) is 6.20 Å². The van der Waals surface area contributed by atoms with Crippen molar-refractivity contribution in [2.75, 3.05) is 5.32 Å². The van der Waals surface area contributed by atoms with Crippen molar-refractivity contribution in [1.29, 1.82) is 0 Å². The lowest BCUT2D eigenvalue weighted by Crippen LogP contribution is -2.12. The van der Waals surface area contributed by atoms with Crippen molar-refractivity contribution in [3.05, 3.63) is 66.8 Å². The number of benzene rings is 2. The first kappa shape index (κ1) is 13.3. The molecule has 23 heavy (non-hydrogen) atoms. The van der Waals surface area contributed by atoms with E-state index in [1.807, 2.05) is 48.5 Å². The molecule has 0 saturated carbocycles. The lowest BCUT2D eigenvalue weighted by molar-refractivity contribution is 0.102. The number of anilines is 1. The molecule has 4 aromatic rings. The van der Waals surface area contributed by atoms with E-state index in [-0.39, 0.29) is 5.91 Å².